The molecule has 1 fully saturated rings. The second-order valence-corrected chi connectivity index (χ2v) is 5.30. The topological polar surface area (TPSA) is 38.3 Å². The van der Waals surface area contributed by atoms with Crippen molar-refractivity contribution in [1.29, 1.82) is 0 Å². The third-order valence-corrected chi connectivity index (χ3v) is 3.83. The molecule has 20 heavy (non-hydrogen) atoms. The minimum absolute atomic E-state index is 0.197. The Hall–Kier alpha value is -1.61. The molecule has 0 amide bonds. The number of ether oxygens (including phenoxy) is 1. The van der Waals surface area contributed by atoms with Crippen LogP contribution < -0.4 is 5.32 Å². The summed E-state index contributed by atoms with van der Waals surface area (Å²) in [7, 11) is 0. The Labute approximate surface area is 121 Å². The molecule has 0 unspecified atom stereocenters. The molecular formula is C17H23NO2. The molecule has 0 aliphatic carbocycles. The first-order valence-electron chi connectivity index (χ1n) is 7.34. The van der Waals surface area contributed by atoms with Crippen molar-refractivity contribution < 1.29 is 9.53 Å². The Morgan fingerprint density at radius 1 is 1.30 bits per heavy atom. The van der Waals surface area contributed by atoms with Crippen LogP contribution >= 0.6 is 0 Å². The predicted molar refractivity (Wildman–Crippen MR) is 80.4 cm³/mol. The van der Waals surface area contributed by atoms with Crippen LogP contribution in [-0.4, -0.2) is 19.1 Å². The lowest BCUT2D eigenvalue weighted by Crippen LogP contribution is -2.43. The maximum absolute atomic E-state index is 12.3. The lowest BCUT2D eigenvalue weighted by Gasteiger charge is -2.37. The van der Waals surface area contributed by atoms with E-state index < -0.39 is 5.60 Å². The molecule has 0 saturated carbocycles. The van der Waals surface area contributed by atoms with E-state index in [4.69, 9.17) is 4.74 Å². The number of nitrogens with one attached hydrogen (secondary N) is 1. The minimum atomic E-state index is -0.480. The molecule has 1 aliphatic heterocycles. The van der Waals surface area contributed by atoms with Crippen molar-refractivity contribution in [2.75, 3.05) is 13.1 Å². The van der Waals surface area contributed by atoms with E-state index in [1.54, 1.807) is 0 Å². The molecular weight excluding hydrogens is 250 g/mol. The summed E-state index contributed by atoms with van der Waals surface area (Å²) in [6.45, 7) is 5.59. The lowest BCUT2D eigenvalue weighted by molar-refractivity contribution is -0.159. The first-order valence-corrected chi connectivity index (χ1v) is 7.34. The number of carbonyl (C=O) groups excluding carboxylic acids is 1. The molecule has 0 radical (unpaired) electrons. The van der Waals surface area contributed by atoms with Gasteiger partial charge < -0.3 is 10.1 Å². The van der Waals surface area contributed by atoms with Gasteiger partial charge in [-0.25, -0.2) is 4.79 Å². The first-order chi connectivity index (χ1) is 9.68. The van der Waals surface area contributed by atoms with Crippen LogP contribution in [0.3, 0.4) is 0 Å². The van der Waals surface area contributed by atoms with Crippen molar-refractivity contribution in [3.63, 3.8) is 0 Å². The Morgan fingerprint density at radius 3 is 2.55 bits per heavy atom. The van der Waals surface area contributed by atoms with Crippen LogP contribution in [0.15, 0.2) is 42.0 Å². The van der Waals surface area contributed by atoms with Crippen molar-refractivity contribution >= 4 is 5.97 Å². The fraction of sp³-hybridized carbons (Fsp3) is 0.471. The molecule has 1 aromatic carbocycles. The van der Waals surface area contributed by atoms with Gasteiger partial charge in [-0.05, 0) is 32.0 Å². The van der Waals surface area contributed by atoms with Crippen molar-refractivity contribution in [3.8, 4) is 0 Å². The van der Waals surface area contributed by atoms with Gasteiger partial charge in [0.05, 0.1) is 0 Å². The van der Waals surface area contributed by atoms with Crippen molar-refractivity contribution in [1.82, 2.24) is 5.32 Å². The summed E-state index contributed by atoms with van der Waals surface area (Å²) in [5.41, 5.74) is 1.31. The standard InChI is InChI=1S/C17H23NO2/c1-3-7-14(2)16(19)20-17(10-12-18-13-11-17)15-8-5-4-6-9-15/h4-9,18H,3,10-13H2,1-2H3/b14-7+. The number of allylic oxidation sites excluding steroid dienone is 1. The Bertz CT molecular complexity index is 473. The van der Waals surface area contributed by atoms with E-state index in [0.29, 0.717) is 5.57 Å². The smallest absolute Gasteiger partial charge is 0.334 e. The van der Waals surface area contributed by atoms with Gasteiger partial charge in [-0.2, -0.15) is 0 Å². The SMILES string of the molecule is CC/C=C(\C)C(=O)OC1(c2ccccc2)CCNCC1. The molecule has 0 bridgehead atoms. The molecule has 0 spiro atoms. The fourth-order valence-electron chi connectivity index (χ4n) is 2.67. The van der Waals surface area contributed by atoms with Crippen LogP contribution in [0.25, 0.3) is 0 Å². The zero-order chi connectivity index (χ0) is 14.4. The largest absolute Gasteiger partial charge is 0.451 e. The summed E-state index contributed by atoms with van der Waals surface area (Å²) >= 11 is 0. The highest BCUT2D eigenvalue weighted by Crippen LogP contribution is 2.35. The maximum Gasteiger partial charge on any atom is 0.334 e. The lowest BCUT2D eigenvalue weighted by atomic mass is 9.84. The van der Waals surface area contributed by atoms with Gasteiger partial charge in [0.1, 0.15) is 5.60 Å². The highest BCUT2D eigenvalue weighted by Gasteiger charge is 2.37. The van der Waals surface area contributed by atoms with Gasteiger partial charge in [0.25, 0.3) is 0 Å². The summed E-state index contributed by atoms with van der Waals surface area (Å²) in [6, 6.07) is 10.1. The van der Waals surface area contributed by atoms with E-state index in [1.807, 2.05) is 38.1 Å². The van der Waals surface area contributed by atoms with Gasteiger partial charge in [-0.1, -0.05) is 43.3 Å². The predicted octanol–water partition coefficient (Wildman–Crippen LogP) is 3.16. The molecule has 108 valence electrons. The molecule has 1 aliphatic rings. The fourth-order valence-corrected chi connectivity index (χ4v) is 2.67. The van der Waals surface area contributed by atoms with Crippen LogP contribution in [0.1, 0.15) is 38.7 Å². The number of benzene rings is 1. The summed E-state index contributed by atoms with van der Waals surface area (Å²) < 4.78 is 5.93. The van der Waals surface area contributed by atoms with Gasteiger partial charge in [-0.15, -0.1) is 0 Å². The van der Waals surface area contributed by atoms with Gasteiger partial charge in [0.2, 0.25) is 0 Å². The number of rotatable bonds is 4. The molecule has 0 atom stereocenters. The second-order valence-electron chi connectivity index (χ2n) is 5.30. The Morgan fingerprint density at radius 2 is 1.95 bits per heavy atom. The van der Waals surface area contributed by atoms with Crippen molar-refractivity contribution in [2.45, 2.75) is 38.7 Å². The van der Waals surface area contributed by atoms with Crippen molar-refractivity contribution in [2.24, 2.45) is 0 Å². The highest BCUT2D eigenvalue weighted by atomic mass is 16.6. The zero-order valence-corrected chi connectivity index (χ0v) is 12.3. The van der Waals surface area contributed by atoms with Gasteiger partial charge in [0.15, 0.2) is 0 Å². The number of esters is 1. The molecule has 1 heterocycles. The first kappa shape index (κ1) is 14.8. The average Bonchev–Trinajstić information content (AvgIpc) is 2.49. The van der Waals surface area contributed by atoms with E-state index in [0.717, 1.165) is 37.9 Å². The van der Waals surface area contributed by atoms with E-state index in [-0.39, 0.29) is 5.97 Å². The molecule has 3 heteroatoms. The van der Waals surface area contributed by atoms with E-state index in [9.17, 15) is 4.79 Å². The molecule has 1 saturated heterocycles. The number of hydrogen-bond donors (Lipinski definition) is 1. The summed E-state index contributed by atoms with van der Waals surface area (Å²) in [6.07, 6.45) is 4.41. The van der Waals surface area contributed by atoms with E-state index in [2.05, 4.69) is 17.4 Å². The van der Waals surface area contributed by atoms with Crippen LogP contribution in [0.5, 0.6) is 0 Å². The molecule has 1 aromatic rings. The quantitative estimate of drug-likeness (QED) is 0.676. The Balaban J connectivity index is 2.24. The Kier molecular flexibility index (Phi) is 4.96. The third kappa shape index (κ3) is 3.28. The monoisotopic (exact) mass is 273 g/mol. The summed E-state index contributed by atoms with van der Waals surface area (Å²) in [5.74, 6) is -0.197. The zero-order valence-electron chi connectivity index (χ0n) is 12.3. The summed E-state index contributed by atoms with van der Waals surface area (Å²) in [5, 5.41) is 3.33. The van der Waals surface area contributed by atoms with Crippen molar-refractivity contribution in [3.05, 3.63) is 47.5 Å². The second kappa shape index (κ2) is 6.71. The average molecular weight is 273 g/mol. The van der Waals surface area contributed by atoms with E-state index in [1.165, 1.54) is 0 Å². The molecule has 1 N–H and O–H groups in total. The molecule has 2 rings (SSSR count). The van der Waals surface area contributed by atoms with Gasteiger partial charge in [-0.3, -0.25) is 0 Å². The highest BCUT2D eigenvalue weighted by molar-refractivity contribution is 5.88. The van der Waals surface area contributed by atoms with Crippen LogP contribution in [0.2, 0.25) is 0 Å². The number of piperidine rings is 1. The van der Waals surface area contributed by atoms with E-state index >= 15 is 0 Å². The molecule has 0 aromatic heterocycles. The summed E-state index contributed by atoms with van der Waals surface area (Å²) in [4.78, 5) is 12.3. The molecule has 3 nitrogen and oxygen atoms in total. The van der Waals surface area contributed by atoms with Crippen LogP contribution in [0, 0.1) is 0 Å². The van der Waals surface area contributed by atoms with Crippen LogP contribution in [0.4, 0.5) is 0 Å². The third-order valence-electron chi connectivity index (χ3n) is 3.83. The van der Waals surface area contributed by atoms with Crippen LogP contribution in [-0.2, 0) is 15.1 Å². The maximum atomic E-state index is 12.3. The normalized spacial score (nSPS) is 18.6. The minimum Gasteiger partial charge on any atom is -0.451 e. The number of hydrogen-bond acceptors (Lipinski definition) is 3. The number of carbonyl (C=O) groups is 1. The van der Waals surface area contributed by atoms with Gasteiger partial charge in [0, 0.05) is 18.4 Å². The van der Waals surface area contributed by atoms with Gasteiger partial charge >= 0.3 is 5.97 Å².